The summed E-state index contributed by atoms with van der Waals surface area (Å²) in [5, 5.41) is 3.12. The summed E-state index contributed by atoms with van der Waals surface area (Å²) in [5.41, 5.74) is 1.12. The summed E-state index contributed by atoms with van der Waals surface area (Å²) >= 11 is 1.69. The highest BCUT2D eigenvalue weighted by atomic mass is 32.2. The molecule has 0 radical (unpaired) electrons. The van der Waals surface area contributed by atoms with Gasteiger partial charge in [0, 0.05) is 17.5 Å². The number of benzene rings is 1. The van der Waals surface area contributed by atoms with Crippen LogP contribution in [0.15, 0.2) is 29.2 Å². The maximum absolute atomic E-state index is 12.0. The molecule has 1 saturated heterocycles. The van der Waals surface area contributed by atoms with Crippen LogP contribution < -0.4 is 5.32 Å². The van der Waals surface area contributed by atoms with E-state index in [1.165, 1.54) is 4.90 Å². The van der Waals surface area contributed by atoms with Crippen LogP contribution in [0.25, 0.3) is 0 Å². The Morgan fingerprint density at radius 2 is 2.28 bits per heavy atom. The van der Waals surface area contributed by atoms with Crippen molar-refractivity contribution in [3.05, 3.63) is 29.8 Å². The Morgan fingerprint density at radius 3 is 2.94 bits per heavy atom. The second-order valence-corrected chi connectivity index (χ2v) is 5.65. The molecule has 1 fully saturated rings. The van der Waals surface area contributed by atoms with Crippen molar-refractivity contribution in [3.63, 3.8) is 0 Å². The quantitative estimate of drug-likeness (QED) is 0.841. The smallest absolute Gasteiger partial charge is 0.224 e. The van der Waals surface area contributed by atoms with Gasteiger partial charge in [-0.3, -0.25) is 4.79 Å². The number of likely N-dealkylation sites (tertiary alicyclic amines) is 1. The van der Waals surface area contributed by atoms with Gasteiger partial charge in [-0.1, -0.05) is 18.2 Å². The highest BCUT2D eigenvalue weighted by molar-refractivity contribution is 7.98. The third-order valence-corrected chi connectivity index (χ3v) is 4.14. The fraction of sp³-hybridized carbons (Fsp3) is 0.500. The third-order valence-electron chi connectivity index (χ3n) is 3.30. The Morgan fingerprint density at radius 1 is 1.50 bits per heavy atom. The van der Waals surface area contributed by atoms with Crippen LogP contribution in [0.1, 0.15) is 12.0 Å². The van der Waals surface area contributed by atoms with E-state index in [1.54, 1.807) is 11.8 Å². The largest absolute Gasteiger partial charge is 0.352 e. The number of carbonyl (C=O) groups excluding carboxylic acids is 1. The summed E-state index contributed by atoms with van der Waals surface area (Å²) in [6.07, 6.45) is 3.59. The van der Waals surface area contributed by atoms with Gasteiger partial charge in [0.2, 0.25) is 5.91 Å². The average Bonchev–Trinajstić information content (AvgIpc) is 2.75. The molecule has 1 N–H and O–H groups in total. The number of amides is 1. The molecular weight excluding hydrogens is 244 g/mol. The van der Waals surface area contributed by atoms with Crippen molar-refractivity contribution in [1.29, 1.82) is 0 Å². The van der Waals surface area contributed by atoms with Crippen LogP contribution in [0.5, 0.6) is 0 Å². The van der Waals surface area contributed by atoms with Crippen molar-refractivity contribution in [2.75, 3.05) is 26.4 Å². The molecule has 1 aromatic rings. The molecule has 0 bridgehead atoms. The minimum Gasteiger partial charge on any atom is -0.352 e. The average molecular weight is 264 g/mol. The van der Waals surface area contributed by atoms with Gasteiger partial charge in [-0.2, -0.15) is 0 Å². The first-order valence-electron chi connectivity index (χ1n) is 6.29. The number of nitrogens with one attached hydrogen (secondary N) is 1. The molecule has 4 heteroatoms. The maximum Gasteiger partial charge on any atom is 0.224 e. The van der Waals surface area contributed by atoms with Gasteiger partial charge in [0.05, 0.1) is 6.42 Å². The summed E-state index contributed by atoms with van der Waals surface area (Å²) < 4.78 is 0. The van der Waals surface area contributed by atoms with E-state index >= 15 is 0 Å². The van der Waals surface area contributed by atoms with Crippen LogP contribution in [0.2, 0.25) is 0 Å². The zero-order valence-electron chi connectivity index (χ0n) is 11.0. The fourth-order valence-electron chi connectivity index (χ4n) is 2.35. The normalized spacial score (nSPS) is 20.0. The van der Waals surface area contributed by atoms with Gasteiger partial charge in [-0.25, -0.2) is 0 Å². The van der Waals surface area contributed by atoms with Crippen molar-refractivity contribution in [1.82, 2.24) is 10.2 Å². The van der Waals surface area contributed by atoms with Gasteiger partial charge < -0.3 is 10.2 Å². The lowest BCUT2D eigenvalue weighted by Gasteiger charge is -2.13. The molecule has 0 aromatic heterocycles. The summed E-state index contributed by atoms with van der Waals surface area (Å²) in [4.78, 5) is 15.4. The van der Waals surface area contributed by atoms with Crippen molar-refractivity contribution >= 4 is 17.7 Å². The van der Waals surface area contributed by atoms with Crippen molar-refractivity contribution < 1.29 is 4.79 Å². The Balaban J connectivity index is 1.91. The van der Waals surface area contributed by atoms with Gasteiger partial charge in [0.15, 0.2) is 0 Å². The minimum atomic E-state index is 0.136. The van der Waals surface area contributed by atoms with E-state index in [0.29, 0.717) is 12.5 Å². The molecule has 1 aliphatic rings. The molecule has 18 heavy (non-hydrogen) atoms. The van der Waals surface area contributed by atoms with Crippen LogP contribution in [0.3, 0.4) is 0 Å². The number of nitrogens with zero attached hydrogens (tertiary/aromatic N) is 1. The van der Waals surface area contributed by atoms with Crippen LogP contribution in [-0.2, 0) is 11.2 Å². The van der Waals surface area contributed by atoms with E-state index < -0.39 is 0 Å². The zero-order valence-corrected chi connectivity index (χ0v) is 11.8. The van der Waals surface area contributed by atoms with Gasteiger partial charge in [0.1, 0.15) is 0 Å². The van der Waals surface area contributed by atoms with E-state index in [1.807, 2.05) is 24.5 Å². The Labute approximate surface area is 113 Å². The van der Waals surface area contributed by atoms with Gasteiger partial charge in [-0.15, -0.1) is 11.8 Å². The van der Waals surface area contributed by atoms with Gasteiger partial charge >= 0.3 is 0 Å². The van der Waals surface area contributed by atoms with Crippen LogP contribution in [0.4, 0.5) is 0 Å². The monoisotopic (exact) mass is 264 g/mol. The first kappa shape index (κ1) is 13.4. The number of rotatable bonds is 4. The topological polar surface area (TPSA) is 32.3 Å². The molecule has 0 aliphatic carbocycles. The summed E-state index contributed by atoms with van der Waals surface area (Å²) in [7, 11) is 2.09. The highest BCUT2D eigenvalue weighted by Gasteiger charge is 2.21. The molecule has 0 saturated carbocycles. The SMILES string of the molecule is CSc1ccccc1CC(=O)NC1CCN(C)C1. The van der Waals surface area contributed by atoms with E-state index in [-0.39, 0.29) is 5.91 Å². The Hall–Kier alpha value is -1.00. The molecule has 1 heterocycles. The molecule has 1 unspecified atom stereocenters. The number of thioether (sulfide) groups is 1. The third kappa shape index (κ3) is 3.50. The molecule has 1 atom stereocenters. The van der Waals surface area contributed by atoms with E-state index in [2.05, 4.69) is 23.3 Å². The van der Waals surface area contributed by atoms with E-state index in [9.17, 15) is 4.79 Å². The lowest BCUT2D eigenvalue weighted by Crippen LogP contribution is -2.37. The molecular formula is C14H20N2OS. The summed E-state index contributed by atoms with van der Waals surface area (Å²) in [6.45, 7) is 2.04. The summed E-state index contributed by atoms with van der Waals surface area (Å²) in [6, 6.07) is 8.43. The standard InChI is InChI=1S/C14H20N2OS/c1-16-8-7-12(10-16)15-14(17)9-11-5-3-4-6-13(11)18-2/h3-6,12H,7-10H2,1-2H3,(H,15,17). The molecule has 1 aromatic carbocycles. The van der Waals surface area contributed by atoms with Crippen LogP contribution in [-0.4, -0.2) is 43.2 Å². The lowest BCUT2D eigenvalue weighted by atomic mass is 10.1. The van der Waals surface area contributed by atoms with Gasteiger partial charge in [0.25, 0.3) is 0 Å². The first-order valence-corrected chi connectivity index (χ1v) is 7.51. The predicted octanol–water partition coefficient (Wildman–Crippen LogP) is 1.77. The van der Waals surface area contributed by atoms with E-state index in [4.69, 9.17) is 0 Å². The second kappa shape index (κ2) is 6.25. The fourth-order valence-corrected chi connectivity index (χ4v) is 2.97. The van der Waals surface area contributed by atoms with Crippen molar-refractivity contribution in [2.24, 2.45) is 0 Å². The Bertz CT molecular complexity index is 422. The van der Waals surface area contributed by atoms with Gasteiger partial charge in [-0.05, 0) is 37.9 Å². The van der Waals surface area contributed by atoms with Crippen molar-refractivity contribution in [2.45, 2.75) is 23.8 Å². The molecule has 98 valence electrons. The molecule has 1 aliphatic heterocycles. The number of carbonyl (C=O) groups is 1. The first-order chi connectivity index (χ1) is 8.69. The number of hydrogen-bond acceptors (Lipinski definition) is 3. The van der Waals surface area contributed by atoms with Crippen LogP contribution >= 0.6 is 11.8 Å². The maximum atomic E-state index is 12.0. The zero-order chi connectivity index (χ0) is 13.0. The Kier molecular flexibility index (Phi) is 4.66. The lowest BCUT2D eigenvalue weighted by molar-refractivity contribution is -0.121. The van der Waals surface area contributed by atoms with Crippen molar-refractivity contribution in [3.8, 4) is 0 Å². The summed E-state index contributed by atoms with van der Waals surface area (Å²) in [5.74, 6) is 0.136. The minimum absolute atomic E-state index is 0.136. The molecule has 2 rings (SSSR count). The molecule has 1 amide bonds. The second-order valence-electron chi connectivity index (χ2n) is 4.80. The number of likely N-dealkylation sites (N-methyl/N-ethyl adjacent to an activating group) is 1. The molecule has 0 spiro atoms. The van der Waals surface area contributed by atoms with Crippen LogP contribution in [0, 0.1) is 0 Å². The predicted molar refractivity (Wildman–Crippen MR) is 76.0 cm³/mol. The highest BCUT2D eigenvalue weighted by Crippen LogP contribution is 2.20. The number of hydrogen-bond donors (Lipinski definition) is 1. The van der Waals surface area contributed by atoms with E-state index in [0.717, 1.165) is 25.1 Å². The molecule has 3 nitrogen and oxygen atoms in total.